The Hall–Kier alpha value is -0.580. The molecule has 1 aromatic carbocycles. The van der Waals surface area contributed by atoms with Gasteiger partial charge in [0.2, 0.25) is 0 Å². The number of hydrogen-bond acceptors (Lipinski definition) is 3. The molecule has 1 fully saturated rings. The van der Waals surface area contributed by atoms with Crippen LogP contribution >= 0.6 is 15.9 Å². The zero-order chi connectivity index (χ0) is 12.1. The van der Waals surface area contributed by atoms with Crippen molar-refractivity contribution >= 4 is 15.9 Å². The van der Waals surface area contributed by atoms with E-state index in [9.17, 15) is 5.11 Å². The van der Waals surface area contributed by atoms with E-state index in [1.807, 2.05) is 24.3 Å². The molecule has 0 aliphatic carbocycles. The van der Waals surface area contributed by atoms with Crippen LogP contribution in [-0.4, -0.2) is 31.5 Å². The Bertz CT molecular complexity index is 333. The van der Waals surface area contributed by atoms with E-state index in [4.69, 9.17) is 9.47 Å². The third-order valence-electron chi connectivity index (χ3n) is 3.14. The van der Waals surface area contributed by atoms with Crippen molar-refractivity contribution in [2.24, 2.45) is 11.8 Å². The highest BCUT2D eigenvalue weighted by atomic mass is 79.9. The van der Waals surface area contributed by atoms with Crippen molar-refractivity contribution < 1.29 is 14.6 Å². The molecule has 4 heteroatoms. The van der Waals surface area contributed by atoms with Gasteiger partial charge in [-0.15, -0.1) is 0 Å². The van der Waals surface area contributed by atoms with Gasteiger partial charge in [0.05, 0.1) is 6.61 Å². The average Bonchev–Trinajstić information content (AvgIpc) is 2.86. The minimum Gasteiger partial charge on any atom is -0.493 e. The van der Waals surface area contributed by atoms with Gasteiger partial charge in [0, 0.05) is 30.2 Å². The second-order valence-corrected chi connectivity index (χ2v) is 5.25. The molecule has 1 aliphatic rings. The number of halogens is 1. The summed E-state index contributed by atoms with van der Waals surface area (Å²) in [4.78, 5) is 0. The molecule has 0 saturated carbocycles. The van der Waals surface area contributed by atoms with Crippen molar-refractivity contribution in [1.82, 2.24) is 0 Å². The van der Waals surface area contributed by atoms with Gasteiger partial charge in [-0.2, -0.15) is 0 Å². The number of aliphatic hydroxyl groups excluding tert-OH is 1. The Morgan fingerprint density at radius 3 is 2.76 bits per heavy atom. The van der Waals surface area contributed by atoms with E-state index < -0.39 is 0 Å². The van der Waals surface area contributed by atoms with Gasteiger partial charge in [0.15, 0.2) is 0 Å². The summed E-state index contributed by atoms with van der Waals surface area (Å²) in [7, 11) is 0. The molecule has 0 bridgehead atoms. The standard InChI is InChI=1S/C13H17BrO3/c14-12-1-3-13(4-2-12)17-9-11(7-15)10-5-6-16-8-10/h1-4,10-11,15H,5-9H2. The Balaban J connectivity index is 1.84. The van der Waals surface area contributed by atoms with Gasteiger partial charge in [-0.3, -0.25) is 0 Å². The predicted molar refractivity (Wildman–Crippen MR) is 69.1 cm³/mol. The molecule has 1 heterocycles. The van der Waals surface area contributed by atoms with Gasteiger partial charge in [-0.1, -0.05) is 15.9 Å². The Morgan fingerprint density at radius 2 is 2.18 bits per heavy atom. The van der Waals surface area contributed by atoms with Crippen LogP contribution in [0.15, 0.2) is 28.7 Å². The number of aliphatic hydroxyl groups is 1. The SMILES string of the molecule is OCC(COc1ccc(Br)cc1)C1CCOC1. The molecule has 2 unspecified atom stereocenters. The second-order valence-electron chi connectivity index (χ2n) is 4.33. The van der Waals surface area contributed by atoms with Crippen LogP contribution in [0.1, 0.15) is 6.42 Å². The van der Waals surface area contributed by atoms with Gasteiger partial charge in [-0.05, 0) is 36.6 Å². The molecular weight excluding hydrogens is 284 g/mol. The molecule has 0 aromatic heterocycles. The van der Waals surface area contributed by atoms with Crippen LogP contribution in [0.4, 0.5) is 0 Å². The number of benzene rings is 1. The lowest BCUT2D eigenvalue weighted by Gasteiger charge is -2.20. The summed E-state index contributed by atoms with van der Waals surface area (Å²) in [6, 6.07) is 7.73. The largest absolute Gasteiger partial charge is 0.493 e. The normalized spacial score (nSPS) is 21.4. The summed E-state index contributed by atoms with van der Waals surface area (Å²) in [6.45, 7) is 2.26. The molecule has 0 spiro atoms. The summed E-state index contributed by atoms with van der Waals surface area (Å²) >= 11 is 3.38. The average molecular weight is 301 g/mol. The zero-order valence-corrected chi connectivity index (χ0v) is 11.2. The fourth-order valence-electron chi connectivity index (χ4n) is 2.00. The van der Waals surface area contributed by atoms with Gasteiger partial charge in [-0.25, -0.2) is 0 Å². The number of hydrogen-bond donors (Lipinski definition) is 1. The highest BCUT2D eigenvalue weighted by molar-refractivity contribution is 9.10. The molecule has 2 rings (SSSR count). The lowest BCUT2D eigenvalue weighted by Crippen LogP contribution is -2.25. The van der Waals surface area contributed by atoms with E-state index >= 15 is 0 Å². The second kappa shape index (κ2) is 6.38. The number of ether oxygens (including phenoxy) is 2. The first kappa shape index (κ1) is 12.9. The van der Waals surface area contributed by atoms with Crippen molar-refractivity contribution in [3.63, 3.8) is 0 Å². The Kier molecular flexibility index (Phi) is 4.83. The minimum atomic E-state index is 0.157. The summed E-state index contributed by atoms with van der Waals surface area (Å²) < 4.78 is 12.1. The van der Waals surface area contributed by atoms with E-state index in [-0.39, 0.29) is 12.5 Å². The molecule has 3 nitrogen and oxygen atoms in total. The molecule has 0 radical (unpaired) electrons. The quantitative estimate of drug-likeness (QED) is 0.908. The summed E-state index contributed by atoms with van der Waals surface area (Å²) in [5, 5.41) is 9.37. The lowest BCUT2D eigenvalue weighted by molar-refractivity contribution is 0.102. The van der Waals surface area contributed by atoms with Crippen molar-refractivity contribution in [2.75, 3.05) is 26.4 Å². The van der Waals surface area contributed by atoms with Gasteiger partial charge in [0.1, 0.15) is 5.75 Å². The fourth-order valence-corrected chi connectivity index (χ4v) is 2.26. The van der Waals surface area contributed by atoms with Crippen LogP contribution in [0.5, 0.6) is 5.75 Å². The summed E-state index contributed by atoms with van der Waals surface area (Å²) in [6.07, 6.45) is 1.02. The molecule has 1 aliphatic heterocycles. The van der Waals surface area contributed by atoms with E-state index in [2.05, 4.69) is 15.9 Å². The molecule has 1 aromatic rings. The molecule has 94 valence electrons. The maximum atomic E-state index is 9.37. The van der Waals surface area contributed by atoms with E-state index in [1.54, 1.807) is 0 Å². The molecule has 0 amide bonds. The minimum absolute atomic E-state index is 0.157. The van der Waals surface area contributed by atoms with Crippen LogP contribution in [0.2, 0.25) is 0 Å². The fraction of sp³-hybridized carbons (Fsp3) is 0.538. The maximum Gasteiger partial charge on any atom is 0.119 e. The van der Waals surface area contributed by atoms with Gasteiger partial charge in [0.25, 0.3) is 0 Å². The van der Waals surface area contributed by atoms with Crippen molar-refractivity contribution in [1.29, 1.82) is 0 Å². The third kappa shape index (κ3) is 3.69. The van der Waals surface area contributed by atoms with Gasteiger partial charge >= 0.3 is 0 Å². The first-order valence-corrected chi connectivity index (χ1v) is 6.66. The molecule has 1 saturated heterocycles. The monoisotopic (exact) mass is 300 g/mol. The van der Waals surface area contributed by atoms with Crippen molar-refractivity contribution in [3.8, 4) is 5.75 Å². The molecule has 2 atom stereocenters. The zero-order valence-electron chi connectivity index (χ0n) is 9.64. The van der Waals surface area contributed by atoms with Gasteiger partial charge < -0.3 is 14.6 Å². The maximum absolute atomic E-state index is 9.37. The van der Waals surface area contributed by atoms with Crippen LogP contribution in [0, 0.1) is 11.8 Å². The molecule has 1 N–H and O–H groups in total. The third-order valence-corrected chi connectivity index (χ3v) is 3.67. The topological polar surface area (TPSA) is 38.7 Å². The van der Waals surface area contributed by atoms with Crippen LogP contribution < -0.4 is 4.74 Å². The van der Waals surface area contributed by atoms with Crippen LogP contribution in [0.25, 0.3) is 0 Å². The van der Waals surface area contributed by atoms with Crippen LogP contribution in [0.3, 0.4) is 0 Å². The highest BCUT2D eigenvalue weighted by Gasteiger charge is 2.25. The molecule has 17 heavy (non-hydrogen) atoms. The Labute approximate surface area is 110 Å². The summed E-state index contributed by atoms with van der Waals surface area (Å²) in [5.74, 6) is 1.43. The van der Waals surface area contributed by atoms with E-state index in [0.717, 1.165) is 29.9 Å². The van der Waals surface area contributed by atoms with Crippen molar-refractivity contribution in [3.05, 3.63) is 28.7 Å². The summed E-state index contributed by atoms with van der Waals surface area (Å²) in [5.41, 5.74) is 0. The lowest BCUT2D eigenvalue weighted by atomic mass is 9.93. The Morgan fingerprint density at radius 1 is 1.41 bits per heavy atom. The smallest absolute Gasteiger partial charge is 0.119 e. The highest BCUT2D eigenvalue weighted by Crippen LogP contribution is 2.23. The van der Waals surface area contributed by atoms with E-state index in [1.165, 1.54) is 0 Å². The first-order valence-electron chi connectivity index (χ1n) is 5.86. The molecular formula is C13H17BrO3. The number of rotatable bonds is 5. The first-order chi connectivity index (χ1) is 8.29. The predicted octanol–water partition coefficient (Wildman–Crippen LogP) is 2.47. The van der Waals surface area contributed by atoms with E-state index in [0.29, 0.717) is 12.5 Å². The van der Waals surface area contributed by atoms with Crippen molar-refractivity contribution in [2.45, 2.75) is 6.42 Å². The van der Waals surface area contributed by atoms with Crippen LogP contribution in [-0.2, 0) is 4.74 Å².